The van der Waals surface area contributed by atoms with Crippen molar-refractivity contribution in [3.63, 3.8) is 0 Å². The normalized spacial score (nSPS) is 24.2. The van der Waals surface area contributed by atoms with Crippen LogP contribution in [-0.2, 0) is 23.4 Å². The van der Waals surface area contributed by atoms with Crippen molar-refractivity contribution < 1.29 is 32.3 Å². The number of hydrogen-bond donors (Lipinski definition) is 2. The van der Waals surface area contributed by atoms with E-state index < -0.39 is 37.2 Å². The van der Waals surface area contributed by atoms with Gasteiger partial charge in [-0.3, -0.25) is 13.9 Å². The Balaban J connectivity index is 1.50. The number of hydrogen-bond acceptors (Lipinski definition) is 10. The molecule has 3 heterocycles. The van der Waals surface area contributed by atoms with Crippen molar-refractivity contribution >= 4 is 42.3 Å². The zero-order chi connectivity index (χ0) is 26.8. The highest BCUT2D eigenvalue weighted by molar-refractivity contribution is 7.52. The van der Waals surface area contributed by atoms with Crippen LogP contribution in [0.3, 0.4) is 0 Å². The van der Waals surface area contributed by atoms with E-state index in [0.29, 0.717) is 0 Å². The van der Waals surface area contributed by atoms with Crippen molar-refractivity contribution in [1.82, 2.24) is 24.6 Å². The summed E-state index contributed by atoms with van der Waals surface area (Å²) in [5, 5.41) is 0.201. The average molecular weight is 557 g/mol. The van der Waals surface area contributed by atoms with Crippen LogP contribution in [0.1, 0.15) is 33.4 Å². The molecule has 15 heteroatoms. The van der Waals surface area contributed by atoms with Gasteiger partial charge in [-0.1, -0.05) is 29.8 Å². The van der Waals surface area contributed by atoms with Crippen molar-refractivity contribution in [2.24, 2.45) is 0 Å². The molecule has 1 aliphatic rings. The summed E-state index contributed by atoms with van der Waals surface area (Å²) in [6.45, 7) is 4.46. The van der Waals surface area contributed by atoms with E-state index in [-0.39, 0.29) is 41.9 Å². The molecule has 0 amide bonds. The van der Waals surface area contributed by atoms with Crippen LogP contribution in [0.5, 0.6) is 5.75 Å². The summed E-state index contributed by atoms with van der Waals surface area (Å²) in [6.07, 6.45) is -0.435. The monoisotopic (exact) mass is 556 g/mol. The molecule has 1 aromatic carbocycles. The molecule has 12 nitrogen and oxygen atoms in total. The first-order chi connectivity index (χ1) is 17.5. The van der Waals surface area contributed by atoms with Crippen LogP contribution in [0.25, 0.3) is 11.2 Å². The number of benzene rings is 1. The Kier molecular flexibility index (Phi) is 8.00. The maximum absolute atomic E-state index is 15.4. The first kappa shape index (κ1) is 27.2. The van der Waals surface area contributed by atoms with Gasteiger partial charge in [0.2, 0.25) is 5.13 Å². The minimum absolute atomic E-state index is 0.121. The lowest BCUT2D eigenvalue weighted by molar-refractivity contribution is -0.149. The fraction of sp³-hybridized carbons (Fsp3) is 0.455. The Hall–Kier alpha value is -2.83. The summed E-state index contributed by atoms with van der Waals surface area (Å²) in [5.74, 6) is -0.299. The number of carbonyl (C=O) groups is 1. The summed E-state index contributed by atoms with van der Waals surface area (Å²) in [5.41, 5.74) is 6.31. The molecule has 0 aliphatic carbocycles. The highest BCUT2D eigenvalue weighted by Crippen LogP contribution is 2.49. The highest BCUT2D eigenvalue weighted by Gasteiger charge is 2.50. The van der Waals surface area contributed by atoms with Gasteiger partial charge < -0.3 is 19.7 Å². The number of carbonyl (C=O) groups excluding carboxylic acids is 1. The molecule has 3 aromatic rings. The molecule has 0 spiro atoms. The zero-order valence-corrected chi connectivity index (χ0v) is 21.9. The van der Waals surface area contributed by atoms with E-state index in [9.17, 15) is 9.36 Å². The van der Waals surface area contributed by atoms with Gasteiger partial charge in [0.25, 0.3) is 0 Å². The quantitative estimate of drug-likeness (QED) is 0.213. The van der Waals surface area contributed by atoms with E-state index in [0.717, 1.165) is 0 Å². The minimum atomic E-state index is -4.17. The summed E-state index contributed by atoms with van der Waals surface area (Å²) < 4.78 is 52.5. The number of ether oxygens (including phenoxy) is 2. The maximum Gasteiger partial charge on any atom is 0.459 e. The third-order valence-corrected chi connectivity index (χ3v) is 7.26. The third-order valence-electron chi connectivity index (χ3n) is 5.28. The van der Waals surface area contributed by atoms with Gasteiger partial charge in [0.15, 0.2) is 17.7 Å². The number of rotatable bonds is 10. The van der Waals surface area contributed by atoms with Crippen LogP contribution in [0.2, 0.25) is 0 Å². The van der Waals surface area contributed by atoms with Crippen molar-refractivity contribution in [3.05, 3.63) is 43.0 Å². The second-order valence-corrected chi connectivity index (χ2v) is 11.0. The summed E-state index contributed by atoms with van der Waals surface area (Å²) in [4.78, 5) is 24.4. The van der Waals surface area contributed by atoms with Gasteiger partial charge in [-0.05, 0) is 32.9 Å². The fourth-order valence-corrected chi connectivity index (χ4v) is 5.51. The minimum Gasteiger partial charge on any atom is -0.462 e. The average Bonchev–Trinajstić information content (AvgIpc) is 3.38. The SMILES string of the molecule is CC(C)OC(=O)[C@@H](C)NP(=O)(OC[C@@H]1C[C@](F)(Cl)[C@H](n2cnc3c(N)ncnc32)O1)Oc1ccccc1. The van der Waals surface area contributed by atoms with Crippen LogP contribution >= 0.6 is 19.3 Å². The first-order valence-electron chi connectivity index (χ1n) is 11.4. The number of para-hydroxylation sites is 1. The largest absolute Gasteiger partial charge is 0.462 e. The summed E-state index contributed by atoms with van der Waals surface area (Å²) in [7, 11) is -4.17. The Morgan fingerprint density at radius 1 is 1.32 bits per heavy atom. The second-order valence-electron chi connectivity index (χ2n) is 8.69. The van der Waals surface area contributed by atoms with E-state index in [2.05, 4.69) is 20.0 Å². The topological polar surface area (TPSA) is 153 Å². The number of nitrogens with two attached hydrogens (primary N) is 1. The molecule has 0 bridgehead atoms. The molecule has 1 aliphatic heterocycles. The number of imidazole rings is 1. The molecule has 5 atom stereocenters. The number of halogens is 2. The van der Waals surface area contributed by atoms with Gasteiger partial charge in [-0.25, -0.2) is 23.9 Å². The zero-order valence-electron chi connectivity index (χ0n) is 20.3. The number of anilines is 1. The fourth-order valence-electron chi connectivity index (χ4n) is 3.66. The second kappa shape index (κ2) is 10.9. The van der Waals surface area contributed by atoms with Gasteiger partial charge in [0.05, 0.1) is 25.1 Å². The molecule has 1 saturated heterocycles. The molecule has 200 valence electrons. The lowest BCUT2D eigenvalue weighted by Gasteiger charge is -2.24. The van der Waals surface area contributed by atoms with E-state index in [1.54, 1.807) is 44.2 Å². The van der Waals surface area contributed by atoms with Crippen LogP contribution in [-0.4, -0.2) is 55.5 Å². The number of aromatic nitrogens is 4. The molecule has 4 rings (SSSR count). The maximum atomic E-state index is 15.4. The lowest BCUT2D eigenvalue weighted by Crippen LogP contribution is -2.36. The number of nitrogens with one attached hydrogen (secondary N) is 1. The van der Waals surface area contributed by atoms with Gasteiger partial charge in [0, 0.05) is 6.42 Å². The van der Waals surface area contributed by atoms with Crippen molar-refractivity contribution in [2.45, 2.75) is 56.8 Å². The van der Waals surface area contributed by atoms with Crippen LogP contribution in [0.15, 0.2) is 43.0 Å². The molecule has 37 heavy (non-hydrogen) atoms. The lowest BCUT2D eigenvalue weighted by atomic mass is 10.2. The predicted octanol–water partition coefficient (Wildman–Crippen LogP) is 3.73. The number of alkyl halides is 2. The van der Waals surface area contributed by atoms with E-state index in [1.165, 1.54) is 24.1 Å². The van der Waals surface area contributed by atoms with Gasteiger partial charge in [-0.15, -0.1) is 0 Å². The van der Waals surface area contributed by atoms with Gasteiger partial charge in [0.1, 0.15) is 23.6 Å². The van der Waals surface area contributed by atoms with Crippen molar-refractivity contribution in [2.75, 3.05) is 12.3 Å². The highest BCUT2D eigenvalue weighted by atomic mass is 35.5. The van der Waals surface area contributed by atoms with E-state index in [1.807, 2.05) is 0 Å². The standard InChI is InChI=1S/C22H27ClFN6O6P/c1-13(2)34-20(31)14(3)29-37(32,36-15-7-5-4-6-8-15)33-10-16-9-22(23,24)21(35-16)30-12-28-17-18(25)26-11-27-19(17)30/h4-8,11-14,16,21H,9-10H2,1-3H3,(H,29,32)(H2,25,26,27)/t14-,16+,21-,22-,37?/m1/s1. The summed E-state index contributed by atoms with van der Waals surface area (Å²) >= 11 is 6.17. The number of esters is 1. The van der Waals surface area contributed by atoms with Crippen molar-refractivity contribution in [1.29, 1.82) is 0 Å². The Morgan fingerprint density at radius 3 is 2.76 bits per heavy atom. The summed E-state index contributed by atoms with van der Waals surface area (Å²) in [6, 6.07) is 7.21. The molecule has 2 aromatic heterocycles. The smallest absolute Gasteiger partial charge is 0.459 e. The van der Waals surface area contributed by atoms with E-state index in [4.69, 9.17) is 35.9 Å². The molecule has 1 fully saturated rings. The Morgan fingerprint density at radius 2 is 2.05 bits per heavy atom. The van der Waals surface area contributed by atoms with Crippen LogP contribution in [0, 0.1) is 0 Å². The van der Waals surface area contributed by atoms with Gasteiger partial charge >= 0.3 is 13.7 Å². The third kappa shape index (κ3) is 6.36. The van der Waals surface area contributed by atoms with Gasteiger partial charge in [-0.2, -0.15) is 5.09 Å². The molecule has 0 saturated carbocycles. The van der Waals surface area contributed by atoms with Crippen LogP contribution in [0.4, 0.5) is 10.2 Å². The molecule has 3 N–H and O–H groups in total. The van der Waals surface area contributed by atoms with Crippen LogP contribution < -0.4 is 15.3 Å². The molecule has 0 radical (unpaired) electrons. The Bertz CT molecular complexity index is 1300. The number of nitrogens with zero attached hydrogens (tertiary/aromatic N) is 4. The van der Waals surface area contributed by atoms with Crippen molar-refractivity contribution in [3.8, 4) is 5.75 Å². The first-order valence-corrected chi connectivity index (χ1v) is 13.3. The number of fused-ring (bicyclic) bond motifs is 1. The Labute approximate surface area is 217 Å². The van der Waals surface area contributed by atoms with E-state index >= 15 is 4.39 Å². The molecular weight excluding hydrogens is 530 g/mol. The predicted molar refractivity (Wildman–Crippen MR) is 132 cm³/mol. The molecule has 1 unspecified atom stereocenters. The number of nitrogen functional groups attached to an aromatic ring is 1. The molecular formula is C22H27ClFN6O6P.